The Morgan fingerprint density at radius 3 is 2.36 bits per heavy atom. The van der Waals surface area contributed by atoms with E-state index in [4.69, 9.17) is 9.84 Å². The van der Waals surface area contributed by atoms with E-state index in [1.165, 1.54) is 18.3 Å². The van der Waals surface area contributed by atoms with Gasteiger partial charge in [0.1, 0.15) is 5.75 Å². The third-order valence-corrected chi connectivity index (χ3v) is 4.23. The van der Waals surface area contributed by atoms with Crippen molar-refractivity contribution in [2.75, 3.05) is 6.61 Å². The molecule has 2 aromatic carbocycles. The van der Waals surface area contributed by atoms with Crippen LogP contribution in [-0.2, 0) is 4.79 Å². The summed E-state index contributed by atoms with van der Waals surface area (Å²) in [7, 11) is 0. The molecule has 0 unspecified atom stereocenters. The van der Waals surface area contributed by atoms with Crippen LogP contribution >= 0.6 is 31.9 Å². The molecule has 6 nitrogen and oxygen atoms in total. The minimum atomic E-state index is -0.998. The third-order valence-electron chi connectivity index (χ3n) is 3.05. The molecule has 0 aliphatic heterocycles. The third kappa shape index (κ3) is 5.68. The van der Waals surface area contributed by atoms with Crippen molar-refractivity contribution in [3.63, 3.8) is 0 Å². The highest BCUT2D eigenvalue weighted by atomic mass is 79.9. The van der Waals surface area contributed by atoms with Crippen LogP contribution in [0.4, 0.5) is 0 Å². The highest BCUT2D eigenvalue weighted by Crippen LogP contribution is 2.34. The minimum absolute atomic E-state index is 0.184. The number of aryl methyl sites for hydroxylation is 1. The summed E-state index contributed by atoms with van der Waals surface area (Å²) in [6.07, 6.45) is 1.42. The van der Waals surface area contributed by atoms with Crippen molar-refractivity contribution in [2.45, 2.75) is 6.92 Å². The molecule has 130 valence electrons. The molecule has 25 heavy (non-hydrogen) atoms. The average Bonchev–Trinajstić information content (AvgIpc) is 2.54. The first-order chi connectivity index (χ1) is 11.9. The minimum Gasteiger partial charge on any atom is -0.481 e. The van der Waals surface area contributed by atoms with Gasteiger partial charge < -0.3 is 9.84 Å². The first-order valence-electron chi connectivity index (χ1n) is 7.10. The van der Waals surface area contributed by atoms with Crippen LogP contribution in [0, 0.1) is 6.92 Å². The van der Waals surface area contributed by atoms with Crippen LogP contribution in [-0.4, -0.2) is 29.8 Å². The number of carbonyl (C=O) groups excluding carboxylic acids is 1. The van der Waals surface area contributed by atoms with Crippen LogP contribution in [0.5, 0.6) is 5.75 Å². The molecule has 0 fully saturated rings. The van der Waals surface area contributed by atoms with E-state index in [0.717, 1.165) is 14.5 Å². The second kappa shape index (κ2) is 8.77. The largest absolute Gasteiger partial charge is 0.481 e. The lowest BCUT2D eigenvalue weighted by atomic mass is 10.1. The number of rotatable bonds is 6. The molecule has 0 radical (unpaired) electrons. The number of hydrogen-bond donors (Lipinski definition) is 2. The number of carboxylic acids is 1. The van der Waals surface area contributed by atoms with Gasteiger partial charge in [-0.05, 0) is 74.2 Å². The molecule has 0 bridgehead atoms. The van der Waals surface area contributed by atoms with Gasteiger partial charge in [0.05, 0.1) is 20.7 Å². The van der Waals surface area contributed by atoms with Crippen molar-refractivity contribution in [1.82, 2.24) is 5.43 Å². The van der Waals surface area contributed by atoms with Gasteiger partial charge in [0, 0.05) is 0 Å². The zero-order chi connectivity index (χ0) is 18.4. The van der Waals surface area contributed by atoms with Gasteiger partial charge in [-0.2, -0.15) is 5.10 Å². The predicted octanol–water partition coefficient (Wildman–Crippen LogP) is 3.75. The number of hydrogen-bond acceptors (Lipinski definition) is 4. The summed E-state index contributed by atoms with van der Waals surface area (Å²) in [6.45, 7) is 1.75. The molecule has 8 heteroatoms. The van der Waals surface area contributed by atoms with E-state index < -0.39 is 11.9 Å². The summed E-state index contributed by atoms with van der Waals surface area (Å²) in [4.78, 5) is 22.5. The smallest absolute Gasteiger partial charge is 0.335 e. The Hall–Kier alpha value is -2.19. The fourth-order valence-electron chi connectivity index (χ4n) is 1.89. The number of aromatic carboxylic acids is 1. The summed E-state index contributed by atoms with van der Waals surface area (Å²) in [5.74, 6) is -0.880. The Morgan fingerprint density at radius 2 is 1.80 bits per heavy atom. The lowest BCUT2D eigenvalue weighted by molar-refractivity contribution is -0.123. The van der Waals surface area contributed by atoms with Crippen molar-refractivity contribution in [2.24, 2.45) is 5.10 Å². The Kier molecular flexibility index (Phi) is 6.72. The number of benzene rings is 2. The second-order valence-corrected chi connectivity index (χ2v) is 6.78. The predicted molar refractivity (Wildman–Crippen MR) is 101 cm³/mol. The Balaban J connectivity index is 1.87. The van der Waals surface area contributed by atoms with Gasteiger partial charge in [0.25, 0.3) is 5.91 Å². The summed E-state index contributed by atoms with van der Waals surface area (Å²) >= 11 is 6.78. The van der Waals surface area contributed by atoms with Crippen LogP contribution in [0.25, 0.3) is 0 Å². The molecular formula is C17H14Br2N2O4. The molecule has 0 saturated carbocycles. The molecule has 0 saturated heterocycles. The monoisotopic (exact) mass is 468 g/mol. The van der Waals surface area contributed by atoms with Crippen molar-refractivity contribution in [3.05, 3.63) is 62.0 Å². The molecule has 0 aliphatic rings. The maximum Gasteiger partial charge on any atom is 0.335 e. The van der Waals surface area contributed by atoms with E-state index in [1.807, 2.05) is 19.1 Å². The van der Waals surface area contributed by atoms with Gasteiger partial charge in [0.15, 0.2) is 6.61 Å². The normalized spacial score (nSPS) is 10.7. The van der Waals surface area contributed by atoms with Crippen LogP contribution in [0.2, 0.25) is 0 Å². The number of amides is 1. The van der Waals surface area contributed by atoms with E-state index in [-0.39, 0.29) is 12.2 Å². The number of nitrogens with zero attached hydrogens (tertiary/aromatic N) is 1. The second-order valence-electron chi connectivity index (χ2n) is 5.07. The Morgan fingerprint density at radius 1 is 1.20 bits per heavy atom. The van der Waals surface area contributed by atoms with E-state index in [1.54, 1.807) is 12.1 Å². The van der Waals surface area contributed by atoms with E-state index in [9.17, 15) is 9.59 Å². The number of halogens is 2. The lowest BCUT2D eigenvalue weighted by Crippen LogP contribution is -2.24. The van der Waals surface area contributed by atoms with Crippen molar-refractivity contribution < 1.29 is 19.4 Å². The zero-order valence-electron chi connectivity index (χ0n) is 13.1. The fraction of sp³-hybridized carbons (Fsp3) is 0.118. The molecule has 0 aromatic heterocycles. The SMILES string of the molecule is Cc1cc(Br)c(OCC(=O)N/N=C/c2ccc(C(=O)O)cc2)c(Br)c1. The summed E-state index contributed by atoms with van der Waals surface area (Å²) in [5.41, 5.74) is 4.24. The Bertz CT molecular complexity index is 797. The van der Waals surface area contributed by atoms with Crippen molar-refractivity contribution in [3.8, 4) is 5.75 Å². The number of hydrazone groups is 1. The number of carboxylic acid groups (broad SMARTS) is 1. The van der Waals surface area contributed by atoms with E-state index >= 15 is 0 Å². The first-order valence-corrected chi connectivity index (χ1v) is 8.69. The molecule has 1 amide bonds. The topological polar surface area (TPSA) is 88.0 Å². The van der Waals surface area contributed by atoms with Crippen LogP contribution in [0.1, 0.15) is 21.5 Å². The standard InChI is InChI=1S/C17H14Br2N2O4/c1-10-6-13(18)16(14(19)7-10)25-9-15(22)21-20-8-11-2-4-12(5-3-11)17(23)24/h2-8H,9H2,1H3,(H,21,22)(H,23,24)/b20-8+. The van der Waals surface area contributed by atoms with Gasteiger partial charge >= 0.3 is 5.97 Å². The van der Waals surface area contributed by atoms with Crippen LogP contribution in [0.3, 0.4) is 0 Å². The molecule has 0 aliphatic carbocycles. The van der Waals surface area contributed by atoms with Gasteiger partial charge in [-0.15, -0.1) is 0 Å². The van der Waals surface area contributed by atoms with E-state index in [2.05, 4.69) is 42.4 Å². The maximum atomic E-state index is 11.8. The molecular weight excluding hydrogens is 456 g/mol. The lowest BCUT2D eigenvalue weighted by Gasteiger charge is -2.10. The maximum absolute atomic E-state index is 11.8. The number of nitrogens with one attached hydrogen (secondary N) is 1. The Labute approximate surface area is 161 Å². The van der Waals surface area contributed by atoms with Crippen molar-refractivity contribution >= 4 is 50.0 Å². The fourth-order valence-corrected chi connectivity index (χ4v) is 3.53. The van der Waals surface area contributed by atoms with Crippen LogP contribution < -0.4 is 10.2 Å². The quantitative estimate of drug-likeness (QED) is 0.498. The first kappa shape index (κ1) is 19.1. The highest BCUT2D eigenvalue weighted by Gasteiger charge is 2.10. The molecule has 2 N–H and O–H groups in total. The van der Waals surface area contributed by atoms with Crippen molar-refractivity contribution in [1.29, 1.82) is 0 Å². The summed E-state index contributed by atoms with van der Waals surface area (Å²) in [6, 6.07) is 9.88. The number of carbonyl (C=O) groups is 2. The molecule has 0 atom stereocenters. The number of ether oxygens (including phenoxy) is 1. The highest BCUT2D eigenvalue weighted by molar-refractivity contribution is 9.11. The summed E-state index contributed by atoms with van der Waals surface area (Å²) < 4.78 is 6.97. The van der Waals surface area contributed by atoms with E-state index in [0.29, 0.717) is 11.3 Å². The average molecular weight is 470 g/mol. The molecule has 0 spiro atoms. The van der Waals surface area contributed by atoms with Gasteiger partial charge in [0.2, 0.25) is 0 Å². The van der Waals surface area contributed by atoms with Crippen LogP contribution in [0.15, 0.2) is 50.4 Å². The summed E-state index contributed by atoms with van der Waals surface area (Å²) in [5, 5.41) is 12.6. The molecule has 2 aromatic rings. The molecule has 0 heterocycles. The van der Waals surface area contributed by atoms with Gasteiger partial charge in [-0.1, -0.05) is 12.1 Å². The zero-order valence-corrected chi connectivity index (χ0v) is 16.3. The van der Waals surface area contributed by atoms with Gasteiger partial charge in [-0.3, -0.25) is 4.79 Å². The molecule has 2 rings (SSSR count). The van der Waals surface area contributed by atoms with Gasteiger partial charge in [-0.25, -0.2) is 10.2 Å².